The fourth-order valence-electron chi connectivity index (χ4n) is 1.20. The minimum Gasteiger partial charge on any atom is -0.462 e. The van der Waals surface area contributed by atoms with E-state index in [-0.39, 0.29) is 18.6 Å². The van der Waals surface area contributed by atoms with Crippen LogP contribution in [-0.2, 0) is 9.53 Å². The average Bonchev–Trinajstić information content (AvgIpc) is 2.31. The molecule has 1 aromatic carbocycles. The van der Waals surface area contributed by atoms with Crippen molar-refractivity contribution in [2.45, 2.75) is 13.3 Å². The van der Waals surface area contributed by atoms with Gasteiger partial charge in [-0.25, -0.2) is 9.18 Å². The number of ether oxygens (including phenoxy) is 1. The second-order valence-electron chi connectivity index (χ2n) is 3.36. The van der Waals surface area contributed by atoms with Crippen LogP contribution < -0.4 is 5.73 Å². The van der Waals surface area contributed by atoms with Gasteiger partial charge in [0.25, 0.3) is 0 Å². The summed E-state index contributed by atoms with van der Waals surface area (Å²) >= 11 is 0. The zero-order valence-electron chi connectivity index (χ0n) is 9.83. The first-order chi connectivity index (χ1) is 8.54. The molecule has 18 heavy (non-hydrogen) atoms. The third-order valence-corrected chi connectivity index (χ3v) is 1.96. The molecule has 0 fully saturated rings. The highest BCUT2D eigenvalue weighted by atomic mass is 19.1. The normalized spacial score (nSPS) is 9.22. The lowest BCUT2D eigenvalue weighted by molar-refractivity contribution is -0.117. The smallest absolute Gasteiger partial charge is 0.341 e. The number of primary amides is 1. The fourth-order valence-corrected chi connectivity index (χ4v) is 1.20. The van der Waals surface area contributed by atoms with Crippen LogP contribution in [0.25, 0.3) is 0 Å². The molecule has 1 rings (SSSR count). The standard InChI is InChI=1S/C13H12FNO3/c1-2-18-13(17)10-8-9(6-7-11(10)14)4-3-5-12(15)16/h6-8H,2,5H2,1H3,(H2,15,16). The van der Waals surface area contributed by atoms with Crippen LogP contribution in [0.1, 0.15) is 29.3 Å². The summed E-state index contributed by atoms with van der Waals surface area (Å²) in [5, 5.41) is 0. The van der Waals surface area contributed by atoms with Gasteiger partial charge in [-0.1, -0.05) is 11.8 Å². The summed E-state index contributed by atoms with van der Waals surface area (Å²) in [5.74, 6) is 3.17. The molecule has 0 aliphatic heterocycles. The van der Waals surface area contributed by atoms with Crippen molar-refractivity contribution in [3.05, 3.63) is 35.1 Å². The molecule has 0 saturated heterocycles. The Morgan fingerprint density at radius 1 is 1.44 bits per heavy atom. The molecule has 0 bridgehead atoms. The van der Waals surface area contributed by atoms with E-state index in [1.807, 2.05) is 0 Å². The summed E-state index contributed by atoms with van der Waals surface area (Å²) in [6.07, 6.45) is -0.0912. The monoisotopic (exact) mass is 249 g/mol. The molecule has 0 radical (unpaired) electrons. The maximum absolute atomic E-state index is 13.4. The summed E-state index contributed by atoms with van der Waals surface area (Å²) in [5.41, 5.74) is 5.16. The number of amides is 1. The largest absolute Gasteiger partial charge is 0.462 e. The van der Waals surface area contributed by atoms with Crippen molar-refractivity contribution in [2.24, 2.45) is 5.73 Å². The topological polar surface area (TPSA) is 69.4 Å². The van der Waals surface area contributed by atoms with Crippen LogP contribution in [0, 0.1) is 17.7 Å². The second-order valence-corrected chi connectivity index (χ2v) is 3.36. The minimum atomic E-state index is -0.742. The Kier molecular flexibility index (Phi) is 4.88. The first kappa shape index (κ1) is 13.7. The van der Waals surface area contributed by atoms with E-state index in [4.69, 9.17) is 10.5 Å². The number of benzene rings is 1. The highest BCUT2D eigenvalue weighted by Gasteiger charge is 2.12. The van der Waals surface area contributed by atoms with Gasteiger partial charge in [0, 0.05) is 5.56 Å². The predicted octanol–water partition coefficient (Wildman–Crippen LogP) is 1.23. The third-order valence-electron chi connectivity index (χ3n) is 1.96. The molecule has 4 nitrogen and oxygen atoms in total. The first-order valence-corrected chi connectivity index (χ1v) is 5.28. The minimum absolute atomic E-state index is 0.0912. The van der Waals surface area contributed by atoms with Crippen LogP contribution >= 0.6 is 0 Å². The van der Waals surface area contributed by atoms with Crippen molar-refractivity contribution in [3.8, 4) is 11.8 Å². The van der Waals surface area contributed by atoms with E-state index < -0.39 is 17.7 Å². The Morgan fingerprint density at radius 2 is 2.17 bits per heavy atom. The van der Waals surface area contributed by atoms with Crippen molar-refractivity contribution in [2.75, 3.05) is 6.61 Å². The Hall–Kier alpha value is -2.35. The van der Waals surface area contributed by atoms with Gasteiger partial charge in [-0.3, -0.25) is 4.79 Å². The molecule has 0 aliphatic rings. The summed E-state index contributed by atoms with van der Waals surface area (Å²) in [6.45, 7) is 1.79. The summed E-state index contributed by atoms with van der Waals surface area (Å²) < 4.78 is 18.1. The van der Waals surface area contributed by atoms with Crippen molar-refractivity contribution in [1.82, 2.24) is 0 Å². The van der Waals surface area contributed by atoms with E-state index in [0.717, 1.165) is 6.07 Å². The Balaban J connectivity index is 2.95. The van der Waals surface area contributed by atoms with Gasteiger partial charge in [0.15, 0.2) is 0 Å². The SMILES string of the molecule is CCOC(=O)c1cc(C#CCC(N)=O)ccc1F. The third kappa shape index (κ3) is 3.91. The number of nitrogens with two attached hydrogens (primary N) is 1. The molecule has 0 spiro atoms. The van der Waals surface area contributed by atoms with Crippen LogP contribution in [0.3, 0.4) is 0 Å². The average molecular weight is 249 g/mol. The van der Waals surface area contributed by atoms with Crippen LogP contribution in [0.15, 0.2) is 18.2 Å². The molecule has 94 valence electrons. The van der Waals surface area contributed by atoms with Crippen LogP contribution in [0.2, 0.25) is 0 Å². The van der Waals surface area contributed by atoms with E-state index >= 15 is 0 Å². The maximum atomic E-state index is 13.4. The number of esters is 1. The fraction of sp³-hybridized carbons (Fsp3) is 0.231. The van der Waals surface area contributed by atoms with Gasteiger partial charge in [0.1, 0.15) is 5.82 Å². The first-order valence-electron chi connectivity index (χ1n) is 5.28. The molecule has 1 aromatic rings. The van der Waals surface area contributed by atoms with Crippen LogP contribution in [0.4, 0.5) is 4.39 Å². The molecule has 0 saturated carbocycles. The van der Waals surface area contributed by atoms with Gasteiger partial charge in [-0.05, 0) is 25.1 Å². The van der Waals surface area contributed by atoms with Crippen molar-refractivity contribution >= 4 is 11.9 Å². The van der Waals surface area contributed by atoms with Gasteiger partial charge in [0.05, 0.1) is 18.6 Å². The van der Waals surface area contributed by atoms with Gasteiger partial charge < -0.3 is 10.5 Å². The van der Waals surface area contributed by atoms with E-state index in [1.54, 1.807) is 6.92 Å². The Bertz CT molecular complexity index is 529. The molecule has 0 heterocycles. The number of rotatable bonds is 3. The zero-order chi connectivity index (χ0) is 13.5. The lowest BCUT2D eigenvalue weighted by Crippen LogP contribution is -2.08. The summed E-state index contributed by atoms with van der Waals surface area (Å²) in [7, 11) is 0. The van der Waals surface area contributed by atoms with Gasteiger partial charge in [-0.2, -0.15) is 0 Å². The number of halogens is 1. The molecule has 0 atom stereocenters. The van der Waals surface area contributed by atoms with E-state index in [1.165, 1.54) is 12.1 Å². The predicted molar refractivity (Wildman–Crippen MR) is 63.0 cm³/mol. The highest BCUT2D eigenvalue weighted by molar-refractivity contribution is 5.90. The Labute approximate surface area is 104 Å². The summed E-state index contributed by atoms with van der Waals surface area (Å²) in [4.78, 5) is 21.9. The lowest BCUT2D eigenvalue weighted by Gasteiger charge is -2.03. The number of carbonyl (C=O) groups is 2. The molecule has 5 heteroatoms. The van der Waals surface area contributed by atoms with Gasteiger partial charge in [0.2, 0.25) is 5.91 Å². The number of hydrogen-bond donors (Lipinski definition) is 1. The van der Waals surface area contributed by atoms with Gasteiger partial charge >= 0.3 is 5.97 Å². The van der Waals surface area contributed by atoms with Crippen LogP contribution in [-0.4, -0.2) is 18.5 Å². The van der Waals surface area contributed by atoms with E-state index in [0.29, 0.717) is 5.56 Å². The molecular weight excluding hydrogens is 237 g/mol. The van der Waals surface area contributed by atoms with Crippen LogP contribution in [0.5, 0.6) is 0 Å². The molecule has 2 N–H and O–H groups in total. The Morgan fingerprint density at radius 3 is 2.78 bits per heavy atom. The van der Waals surface area contributed by atoms with E-state index in [2.05, 4.69) is 11.8 Å². The lowest BCUT2D eigenvalue weighted by atomic mass is 10.1. The highest BCUT2D eigenvalue weighted by Crippen LogP contribution is 2.11. The number of hydrogen-bond acceptors (Lipinski definition) is 3. The van der Waals surface area contributed by atoms with Crippen molar-refractivity contribution in [1.29, 1.82) is 0 Å². The number of carbonyl (C=O) groups excluding carboxylic acids is 2. The van der Waals surface area contributed by atoms with Gasteiger partial charge in [-0.15, -0.1) is 0 Å². The van der Waals surface area contributed by atoms with Crippen molar-refractivity contribution < 1.29 is 18.7 Å². The molecular formula is C13H12FNO3. The molecule has 0 aromatic heterocycles. The maximum Gasteiger partial charge on any atom is 0.341 e. The van der Waals surface area contributed by atoms with E-state index in [9.17, 15) is 14.0 Å². The molecule has 0 unspecified atom stereocenters. The van der Waals surface area contributed by atoms with Crippen molar-refractivity contribution in [3.63, 3.8) is 0 Å². The quantitative estimate of drug-likeness (QED) is 0.647. The molecule has 1 amide bonds. The molecule has 0 aliphatic carbocycles. The zero-order valence-corrected chi connectivity index (χ0v) is 9.83. The second kappa shape index (κ2) is 6.40. The summed E-state index contributed by atoms with van der Waals surface area (Å²) in [6, 6.07) is 3.81.